The van der Waals surface area contributed by atoms with Crippen LogP contribution in [0.2, 0.25) is 0 Å². The number of nitrogens with zero attached hydrogens (tertiary/aromatic N) is 1. The molecule has 0 aromatic heterocycles. The molecule has 0 radical (unpaired) electrons. The first kappa shape index (κ1) is 14.8. The normalized spacial score (nSPS) is 20.0. The molecule has 6 nitrogen and oxygen atoms in total. The molecular formula is C9H21NO5. The van der Waals surface area contributed by atoms with E-state index >= 15 is 0 Å². The van der Waals surface area contributed by atoms with Crippen LogP contribution in [0.3, 0.4) is 0 Å². The lowest BCUT2D eigenvalue weighted by Crippen LogP contribution is -2.49. The van der Waals surface area contributed by atoms with Crippen LogP contribution in [0.5, 0.6) is 0 Å². The molecule has 0 amide bonds. The SMILES string of the molecule is CCN(C)C[C@H](O)[C@@H](O)[C@H](O)[C@H](O)CO. The monoisotopic (exact) mass is 223 g/mol. The van der Waals surface area contributed by atoms with E-state index in [4.69, 9.17) is 10.2 Å². The first-order valence-corrected chi connectivity index (χ1v) is 4.95. The van der Waals surface area contributed by atoms with Gasteiger partial charge in [-0.2, -0.15) is 0 Å². The third-order valence-electron chi connectivity index (χ3n) is 2.36. The first-order valence-electron chi connectivity index (χ1n) is 4.95. The van der Waals surface area contributed by atoms with Crippen LogP contribution < -0.4 is 0 Å². The molecule has 0 fully saturated rings. The number of aliphatic hydroxyl groups is 5. The van der Waals surface area contributed by atoms with Crippen molar-refractivity contribution >= 4 is 0 Å². The van der Waals surface area contributed by atoms with Crippen molar-refractivity contribution in [1.82, 2.24) is 4.90 Å². The Balaban J connectivity index is 4.12. The van der Waals surface area contributed by atoms with Gasteiger partial charge in [-0.15, -0.1) is 0 Å². The smallest absolute Gasteiger partial charge is 0.111 e. The molecule has 92 valence electrons. The molecule has 4 atom stereocenters. The molecule has 0 aliphatic heterocycles. The van der Waals surface area contributed by atoms with Gasteiger partial charge in [0, 0.05) is 6.54 Å². The second-order valence-electron chi connectivity index (χ2n) is 3.65. The van der Waals surface area contributed by atoms with Crippen molar-refractivity contribution in [3.8, 4) is 0 Å². The predicted octanol–water partition coefficient (Wildman–Crippen LogP) is -2.63. The van der Waals surface area contributed by atoms with Gasteiger partial charge in [0.25, 0.3) is 0 Å². The average molecular weight is 223 g/mol. The van der Waals surface area contributed by atoms with Crippen molar-refractivity contribution < 1.29 is 25.5 Å². The third-order valence-corrected chi connectivity index (χ3v) is 2.36. The van der Waals surface area contributed by atoms with Crippen molar-refractivity contribution in [2.75, 3.05) is 26.7 Å². The van der Waals surface area contributed by atoms with Crippen LogP contribution in [0.25, 0.3) is 0 Å². The Hall–Kier alpha value is -0.240. The van der Waals surface area contributed by atoms with Gasteiger partial charge in [-0.3, -0.25) is 0 Å². The molecule has 15 heavy (non-hydrogen) atoms. The molecule has 0 unspecified atom stereocenters. The van der Waals surface area contributed by atoms with Gasteiger partial charge in [0.2, 0.25) is 0 Å². The van der Waals surface area contributed by atoms with Gasteiger partial charge in [0.05, 0.1) is 12.7 Å². The van der Waals surface area contributed by atoms with Crippen molar-refractivity contribution in [2.24, 2.45) is 0 Å². The molecular weight excluding hydrogens is 202 g/mol. The van der Waals surface area contributed by atoms with E-state index in [0.29, 0.717) is 6.54 Å². The van der Waals surface area contributed by atoms with Crippen LogP contribution in [-0.2, 0) is 0 Å². The van der Waals surface area contributed by atoms with E-state index in [1.807, 2.05) is 6.92 Å². The Bertz CT molecular complexity index is 169. The predicted molar refractivity (Wildman–Crippen MR) is 54.3 cm³/mol. The molecule has 0 aromatic rings. The van der Waals surface area contributed by atoms with E-state index in [1.165, 1.54) is 0 Å². The summed E-state index contributed by atoms with van der Waals surface area (Å²) in [5.41, 5.74) is 0. The quantitative estimate of drug-likeness (QED) is 0.323. The summed E-state index contributed by atoms with van der Waals surface area (Å²) in [6.45, 7) is 2.11. The lowest BCUT2D eigenvalue weighted by Gasteiger charge is -2.28. The highest BCUT2D eigenvalue weighted by Crippen LogP contribution is 2.06. The largest absolute Gasteiger partial charge is 0.394 e. The summed E-state index contributed by atoms with van der Waals surface area (Å²) in [6, 6.07) is 0. The Morgan fingerprint density at radius 1 is 1.00 bits per heavy atom. The Morgan fingerprint density at radius 2 is 1.47 bits per heavy atom. The Kier molecular flexibility index (Phi) is 6.99. The fourth-order valence-electron chi connectivity index (χ4n) is 1.12. The topological polar surface area (TPSA) is 104 Å². The second kappa shape index (κ2) is 7.10. The van der Waals surface area contributed by atoms with Crippen molar-refractivity contribution in [3.63, 3.8) is 0 Å². The number of hydrogen-bond donors (Lipinski definition) is 5. The number of aliphatic hydroxyl groups excluding tert-OH is 5. The van der Waals surface area contributed by atoms with E-state index in [9.17, 15) is 15.3 Å². The van der Waals surface area contributed by atoms with Gasteiger partial charge in [-0.05, 0) is 13.6 Å². The fraction of sp³-hybridized carbons (Fsp3) is 1.00. The highest BCUT2D eigenvalue weighted by molar-refractivity contribution is 4.81. The van der Waals surface area contributed by atoms with E-state index in [-0.39, 0.29) is 6.54 Å². The molecule has 0 bridgehead atoms. The molecule has 0 aliphatic carbocycles. The Morgan fingerprint density at radius 3 is 1.87 bits per heavy atom. The van der Waals surface area contributed by atoms with E-state index in [0.717, 1.165) is 0 Å². The van der Waals surface area contributed by atoms with Gasteiger partial charge in [-0.1, -0.05) is 6.92 Å². The molecule has 0 aromatic carbocycles. The summed E-state index contributed by atoms with van der Waals surface area (Å²) >= 11 is 0. The van der Waals surface area contributed by atoms with Crippen LogP contribution in [0, 0.1) is 0 Å². The fourth-order valence-corrected chi connectivity index (χ4v) is 1.12. The van der Waals surface area contributed by atoms with Crippen LogP contribution in [-0.4, -0.2) is 81.6 Å². The minimum absolute atomic E-state index is 0.187. The minimum Gasteiger partial charge on any atom is -0.394 e. The zero-order chi connectivity index (χ0) is 12.0. The molecule has 5 N–H and O–H groups in total. The lowest BCUT2D eigenvalue weighted by atomic mass is 10.0. The molecule has 6 heteroatoms. The number of hydrogen-bond acceptors (Lipinski definition) is 6. The maximum atomic E-state index is 9.49. The molecule has 0 aliphatic rings. The molecule has 0 spiro atoms. The number of rotatable bonds is 7. The van der Waals surface area contributed by atoms with Crippen LogP contribution in [0.15, 0.2) is 0 Å². The van der Waals surface area contributed by atoms with Gasteiger partial charge >= 0.3 is 0 Å². The maximum Gasteiger partial charge on any atom is 0.111 e. The van der Waals surface area contributed by atoms with Gasteiger partial charge in [-0.25, -0.2) is 0 Å². The zero-order valence-electron chi connectivity index (χ0n) is 9.11. The highest BCUT2D eigenvalue weighted by Gasteiger charge is 2.30. The lowest BCUT2D eigenvalue weighted by molar-refractivity contribution is -0.118. The third kappa shape index (κ3) is 4.87. The van der Waals surface area contributed by atoms with Crippen molar-refractivity contribution in [3.05, 3.63) is 0 Å². The summed E-state index contributed by atoms with van der Waals surface area (Å²) < 4.78 is 0. The van der Waals surface area contributed by atoms with E-state index < -0.39 is 31.0 Å². The van der Waals surface area contributed by atoms with Crippen molar-refractivity contribution in [2.45, 2.75) is 31.3 Å². The summed E-state index contributed by atoms with van der Waals surface area (Å²) in [5.74, 6) is 0. The standard InChI is InChI=1S/C9H21NO5/c1-3-10(2)4-6(12)8(14)9(15)7(13)5-11/h6-9,11-15H,3-5H2,1-2H3/t6-,7+,8+,9+/m0/s1. The average Bonchev–Trinajstić information content (AvgIpc) is 2.25. The summed E-state index contributed by atoms with van der Waals surface area (Å²) in [7, 11) is 1.75. The van der Waals surface area contributed by atoms with E-state index in [2.05, 4.69) is 0 Å². The maximum absolute atomic E-state index is 9.49. The zero-order valence-corrected chi connectivity index (χ0v) is 9.11. The van der Waals surface area contributed by atoms with Gasteiger partial charge in [0.15, 0.2) is 0 Å². The second-order valence-corrected chi connectivity index (χ2v) is 3.65. The summed E-state index contributed by atoms with van der Waals surface area (Å²) in [4.78, 5) is 1.76. The van der Waals surface area contributed by atoms with Crippen molar-refractivity contribution in [1.29, 1.82) is 0 Å². The van der Waals surface area contributed by atoms with Gasteiger partial charge in [0.1, 0.15) is 18.3 Å². The van der Waals surface area contributed by atoms with Gasteiger partial charge < -0.3 is 30.4 Å². The van der Waals surface area contributed by atoms with Crippen LogP contribution in [0.4, 0.5) is 0 Å². The van der Waals surface area contributed by atoms with Crippen LogP contribution in [0.1, 0.15) is 6.92 Å². The van der Waals surface area contributed by atoms with Crippen LogP contribution >= 0.6 is 0 Å². The number of likely N-dealkylation sites (N-methyl/N-ethyl adjacent to an activating group) is 1. The molecule has 0 saturated carbocycles. The summed E-state index contributed by atoms with van der Waals surface area (Å²) in [6.07, 6.45) is -5.62. The molecule has 0 rings (SSSR count). The minimum atomic E-state index is -1.55. The highest BCUT2D eigenvalue weighted by atomic mass is 16.4. The molecule has 0 heterocycles. The molecule has 0 saturated heterocycles. The Labute approximate surface area is 89.4 Å². The van der Waals surface area contributed by atoms with E-state index in [1.54, 1.807) is 11.9 Å². The first-order chi connectivity index (χ1) is 6.93. The summed E-state index contributed by atoms with van der Waals surface area (Å²) in [5, 5.41) is 45.8.